The lowest BCUT2D eigenvalue weighted by Crippen LogP contribution is -1.92. The highest BCUT2D eigenvalue weighted by atomic mass is 16.4. The van der Waals surface area contributed by atoms with E-state index in [9.17, 15) is 25.5 Å². The van der Waals surface area contributed by atoms with Crippen LogP contribution in [-0.2, 0) is 0 Å². The third kappa shape index (κ3) is 3.40. The quantitative estimate of drug-likeness (QED) is 0.101. The number of rotatable bonds is 3. The van der Waals surface area contributed by atoms with Crippen molar-refractivity contribution in [3.8, 4) is 62.1 Å². The van der Waals surface area contributed by atoms with Crippen molar-refractivity contribution in [3.05, 3.63) is 103 Å². The van der Waals surface area contributed by atoms with Crippen molar-refractivity contribution in [1.82, 2.24) is 0 Å². The lowest BCUT2D eigenvalue weighted by molar-refractivity contribution is 0.330. The van der Waals surface area contributed by atoms with Gasteiger partial charge in [-0.2, -0.15) is 0 Å². The van der Waals surface area contributed by atoms with Crippen molar-refractivity contribution in [2.24, 2.45) is 0 Å². The van der Waals surface area contributed by atoms with Crippen LogP contribution in [0.3, 0.4) is 0 Å². The Morgan fingerprint density at radius 1 is 0.270 bits per heavy atom. The van der Waals surface area contributed by atoms with Gasteiger partial charge in [0.05, 0.1) is 5.56 Å². The molecule has 0 spiro atoms. The molecule has 6 aromatic rings. The normalized spacial score (nSPS) is 11.2. The van der Waals surface area contributed by atoms with Gasteiger partial charge in [0.15, 0.2) is 11.5 Å². The number of benzene rings is 6. The molecule has 0 fully saturated rings. The van der Waals surface area contributed by atoms with Gasteiger partial charge in [0.25, 0.3) is 0 Å². The first-order chi connectivity index (χ1) is 18.0. The van der Waals surface area contributed by atoms with Crippen LogP contribution in [0.25, 0.3) is 54.9 Å². The molecule has 0 saturated carbocycles. The zero-order valence-corrected chi connectivity index (χ0v) is 19.6. The van der Waals surface area contributed by atoms with Gasteiger partial charge in [-0.3, -0.25) is 0 Å². The maximum absolute atomic E-state index is 10.8. The predicted octanol–water partition coefficient (Wildman–Crippen LogP) is 7.52. The lowest BCUT2D eigenvalue weighted by Gasteiger charge is -2.20. The molecule has 0 saturated heterocycles. The van der Waals surface area contributed by atoms with Crippen LogP contribution >= 0.6 is 0 Å². The molecule has 0 atom stereocenters. The van der Waals surface area contributed by atoms with E-state index in [2.05, 4.69) is 36.4 Å². The molecule has 0 aliphatic carbocycles. The van der Waals surface area contributed by atoms with Crippen LogP contribution in [0.5, 0.6) is 28.7 Å². The second-order valence-electron chi connectivity index (χ2n) is 8.90. The zero-order chi connectivity index (χ0) is 25.7. The largest absolute Gasteiger partial charge is 0.504 e. The zero-order valence-electron chi connectivity index (χ0n) is 19.6. The molecule has 0 bridgehead atoms. The van der Waals surface area contributed by atoms with Gasteiger partial charge >= 0.3 is 0 Å². The molecule has 0 aliphatic rings. The monoisotopic (exact) mass is 486 g/mol. The summed E-state index contributed by atoms with van der Waals surface area (Å²) in [5.41, 5.74) is 4.45. The van der Waals surface area contributed by atoms with Crippen molar-refractivity contribution < 1.29 is 25.5 Å². The molecule has 6 aromatic carbocycles. The molecule has 5 nitrogen and oxygen atoms in total. The van der Waals surface area contributed by atoms with Gasteiger partial charge in [0.2, 0.25) is 17.2 Å². The Bertz CT molecular complexity index is 1720. The number of fused-ring (bicyclic) bond motifs is 2. The van der Waals surface area contributed by atoms with E-state index in [1.54, 1.807) is 0 Å². The molecule has 0 heterocycles. The van der Waals surface area contributed by atoms with Gasteiger partial charge < -0.3 is 25.5 Å². The molecule has 0 amide bonds. The standard InChI is InChI=1S/C32H22O5/c33-28-27(29(34)31(36)32(37)30(28)35)26-23-12-6-4-10-21(23)25(22-11-5-7-13-24(22)26)20-16-14-19(15-17-20)18-8-2-1-3-9-18/h1-17,33-37H. The average Bonchev–Trinajstić information content (AvgIpc) is 2.95. The van der Waals surface area contributed by atoms with Crippen LogP contribution in [0.4, 0.5) is 0 Å². The van der Waals surface area contributed by atoms with Crippen LogP contribution in [-0.4, -0.2) is 25.5 Å². The van der Waals surface area contributed by atoms with Gasteiger partial charge in [-0.15, -0.1) is 0 Å². The fourth-order valence-electron chi connectivity index (χ4n) is 5.09. The maximum Gasteiger partial charge on any atom is 0.208 e. The average molecular weight is 487 g/mol. The number of hydrogen-bond acceptors (Lipinski definition) is 5. The van der Waals surface area contributed by atoms with E-state index in [1.165, 1.54) is 0 Å². The van der Waals surface area contributed by atoms with Crippen molar-refractivity contribution in [3.63, 3.8) is 0 Å². The SMILES string of the molecule is Oc1c(O)c(O)c(-c2c3ccccc3c(-c3ccc(-c4ccccc4)cc3)c3ccccc23)c(O)c1O. The van der Waals surface area contributed by atoms with Crippen LogP contribution in [0.1, 0.15) is 0 Å². The lowest BCUT2D eigenvalue weighted by atomic mass is 9.85. The van der Waals surface area contributed by atoms with Crippen LogP contribution in [0.15, 0.2) is 103 Å². The van der Waals surface area contributed by atoms with Crippen molar-refractivity contribution >= 4 is 21.5 Å². The molecule has 37 heavy (non-hydrogen) atoms. The topological polar surface area (TPSA) is 101 Å². The summed E-state index contributed by atoms with van der Waals surface area (Å²) in [5.74, 6) is -4.23. The molecular weight excluding hydrogens is 464 g/mol. The molecule has 0 radical (unpaired) electrons. The first kappa shape index (κ1) is 22.3. The molecule has 5 heteroatoms. The highest BCUT2D eigenvalue weighted by Gasteiger charge is 2.27. The Kier molecular flexibility index (Phi) is 5.13. The van der Waals surface area contributed by atoms with Gasteiger partial charge in [0.1, 0.15) is 0 Å². The fraction of sp³-hybridized carbons (Fsp3) is 0. The minimum Gasteiger partial charge on any atom is -0.504 e. The Balaban J connectivity index is 1.69. The van der Waals surface area contributed by atoms with Crippen LogP contribution in [0, 0.1) is 0 Å². The summed E-state index contributed by atoms with van der Waals surface area (Å²) in [6.07, 6.45) is 0. The van der Waals surface area contributed by atoms with Gasteiger partial charge in [-0.25, -0.2) is 0 Å². The highest BCUT2D eigenvalue weighted by Crippen LogP contribution is 2.57. The van der Waals surface area contributed by atoms with E-state index in [-0.39, 0.29) is 5.56 Å². The van der Waals surface area contributed by atoms with Gasteiger partial charge in [-0.1, -0.05) is 103 Å². The second-order valence-corrected chi connectivity index (χ2v) is 8.90. The highest BCUT2D eigenvalue weighted by molar-refractivity contribution is 6.22. The summed E-state index contributed by atoms with van der Waals surface area (Å²) >= 11 is 0. The van der Waals surface area contributed by atoms with Crippen LogP contribution in [0.2, 0.25) is 0 Å². The van der Waals surface area contributed by atoms with Gasteiger partial charge in [-0.05, 0) is 43.8 Å². The molecule has 6 rings (SSSR count). The first-order valence-corrected chi connectivity index (χ1v) is 11.8. The summed E-state index contributed by atoms with van der Waals surface area (Å²) in [6.45, 7) is 0. The number of aromatic hydroxyl groups is 5. The Hall–Kier alpha value is -5.16. The summed E-state index contributed by atoms with van der Waals surface area (Å²) in [4.78, 5) is 0. The molecule has 0 aliphatic heterocycles. The summed E-state index contributed by atoms with van der Waals surface area (Å²) < 4.78 is 0. The van der Waals surface area contributed by atoms with Crippen molar-refractivity contribution in [2.75, 3.05) is 0 Å². The summed E-state index contributed by atoms with van der Waals surface area (Å²) in [5, 5.41) is 55.2. The summed E-state index contributed by atoms with van der Waals surface area (Å²) in [6, 6.07) is 33.6. The van der Waals surface area contributed by atoms with Crippen molar-refractivity contribution in [2.45, 2.75) is 0 Å². The molecule has 0 unspecified atom stereocenters. The Morgan fingerprint density at radius 2 is 0.622 bits per heavy atom. The second kappa shape index (κ2) is 8.50. The summed E-state index contributed by atoms with van der Waals surface area (Å²) in [7, 11) is 0. The molecule has 0 aromatic heterocycles. The van der Waals surface area contributed by atoms with Crippen LogP contribution < -0.4 is 0 Å². The number of hydrogen-bond donors (Lipinski definition) is 5. The number of phenols is 5. The molecule has 5 N–H and O–H groups in total. The third-order valence-corrected chi connectivity index (χ3v) is 6.83. The van der Waals surface area contributed by atoms with Gasteiger partial charge in [0, 0.05) is 5.56 Å². The predicted molar refractivity (Wildman–Crippen MR) is 146 cm³/mol. The minimum absolute atomic E-state index is 0.161. The van der Waals surface area contributed by atoms with E-state index >= 15 is 0 Å². The molecular formula is C32H22O5. The fourth-order valence-corrected chi connectivity index (χ4v) is 5.09. The Morgan fingerprint density at radius 3 is 1.11 bits per heavy atom. The maximum atomic E-state index is 10.8. The number of phenolic OH excluding ortho intramolecular Hbond substituents is 5. The van der Waals surface area contributed by atoms with E-state index in [1.807, 2.05) is 66.7 Å². The van der Waals surface area contributed by atoms with E-state index in [0.29, 0.717) is 16.3 Å². The van der Waals surface area contributed by atoms with E-state index in [4.69, 9.17) is 0 Å². The smallest absolute Gasteiger partial charge is 0.208 e. The first-order valence-electron chi connectivity index (χ1n) is 11.8. The molecule has 180 valence electrons. The Labute approximate surface area is 212 Å². The van der Waals surface area contributed by atoms with E-state index in [0.717, 1.165) is 33.0 Å². The third-order valence-electron chi connectivity index (χ3n) is 6.83. The van der Waals surface area contributed by atoms with Crippen molar-refractivity contribution in [1.29, 1.82) is 0 Å². The minimum atomic E-state index is -0.984. The van der Waals surface area contributed by atoms with E-state index < -0.39 is 28.7 Å².